The third kappa shape index (κ3) is 11.8. The van der Waals surface area contributed by atoms with Crippen LogP contribution in [0.4, 0.5) is 8.78 Å². The van der Waals surface area contributed by atoms with Crippen LogP contribution in [0.2, 0.25) is 0 Å². The molecule has 0 fully saturated rings. The third-order valence-electron chi connectivity index (χ3n) is 0.485. The summed E-state index contributed by atoms with van der Waals surface area (Å²) in [5.41, 5.74) is 5.19. The van der Waals surface area contributed by atoms with Crippen LogP contribution in [0.5, 0.6) is 0 Å². The number of hydrogen-bond donors (Lipinski definition) is 1. The van der Waals surface area contributed by atoms with Crippen molar-refractivity contribution in [1.82, 2.24) is 0 Å². The van der Waals surface area contributed by atoms with Crippen LogP contribution in [0, 0.1) is 0 Å². The smallest absolute Gasteiger partial charge is 0.284 e. The van der Waals surface area contributed by atoms with Gasteiger partial charge in [0.05, 0.1) is 0 Å². The summed E-state index contributed by atoms with van der Waals surface area (Å²) in [5.74, 6) is -1.95. The highest BCUT2D eigenvalue weighted by atomic mass is 35.5. The first-order valence-corrected chi connectivity index (χ1v) is 3.33. The topological polar surface area (TPSA) is 26.0 Å². The van der Waals surface area contributed by atoms with Gasteiger partial charge in [0.2, 0.25) is 0 Å². The third-order valence-corrected chi connectivity index (χ3v) is 1.46. The first-order valence-electron chi connectivity index (χ1n) is 2.28. The lowest BCUT2D eigenvalue weighted by Gasteiger charge is -2.01. The highest BCUT2D eigenvalue weighted by Crippen LogP contribution is 2.12. The Balaban J connectivity index is 0. The lowest BCUT2D eigenvalue weighted by molar-refractivity contribution is 0.252. The van der Waals surface area contributed by atoms with Crippen molar-refractivity contribution in [2.45, 2.75) is 18.7 Å². The van der Waals surface area contributed by atoms with E-state index in [4.69, 9.17) is 5.73 Å². The van der Waals surface area contributed by atoms with Crippen molar-refractivity contribution in [2.75, 3.05) is 5.75 Å². The molecule has 0 aliphatic heterocycles. The summed E-state index contributed by atoms with van der Waals surface area (Å²) in [5, 5.41) is 0. The molecule has 0 spiro atoms. The fourth-order valence-electron chi connectivity index (χ4n) is 0.225. The van der Waals surface area contributed by atoms with E-state index >= 15 is 0 Å². The molecule has 0 bridgehead atoms. The summed E-state index contributed by atoms with van der Waals surface area (Å²) >= 11 is 0.581. The molecule has 1 atom stereocenters. The lowest BCUT2D eigenvalue weighted by atomic mass is 10.4. The number of hydrogen-bond acceptors (Lipinski definition) is 2. The first kappa shape index (κ1) is 12.2. The van der Waals surface area contributed by atoms with E-state index in [1.165, 1.54) is 0 Å². The molecule has 58 valence electrons. The quantitative estimate of drug-likeness (QED) is 0.711. The van der Waals surface area contributed by atoms with Crippen molar-refractivity contribution in [2.24, 2.45) is 5.73 Å². The second-order valence-corrected chi connectivity index (χ2v) is 2.59. The number of thioether (sulfide) groups is 1. The molecule has 0 aliphatic carbocycles. The van der Waals surface area contributed by atoms with Crippen molar-refractivity contribution < 1.29 is 8.78 Å². The molecule has 0 aromatic rings. The molecule has 0 saturated heterocycles. The summed E-state index contributed by atoms with van der Waals surface area (Å²) in [4.78, 5) is 0. The fraction of sp³-hybridized carbons (Fsp3) is 1.00. The Morgan fingerprint density at radius 3 is 2.11 bits per heavy atom. The normalized spacial score (nSPS) is 13.0. The maximum atomic E-state index is 11.3. The molecule has 9 heavy (non-hydrogen) atoms. The van der Waals surface area contributed by atoms with Gasteiger partial charge in [-0.2, -0.15) is 8.78 Å². The highest BCUT2D eigenvalue weighted by Gasteiger charge is 2.02. The molecule has 0 aromatic heterocycles. The molecule has 0 rings (SSSR count). The molecule has 5 heteroatoms. The molecule has 0 saturated carbocycles. The lowest BCUT2D eigenvalue weighted by Crippen LogP contribution is -2.18. The highest BCUT2D eigenvalue weighted by molar-refractivity contribution is 7.99. The number of rotatable bonds is 3. The molecule has 0 radical (unpaired) electrons. The summed E-state index contributed by atoms with van der Waals surface area (Å²) in [6.45, 7) is 1.70. The second-order valence-electron chi connectivity index (χ2n) is 1.57. The maximum absolute atomic E-state index is 11.3. The maximum Gasteiger partial charge on any atom is 0.284 e. The van der Waals surface area contributed by atoms with Gasteiger partial charge < -0.3 is 5.73 Å². The molecule has 0 heterocycles. The van der Waals surface area contributed by atoms with Crippen LogP contribution >= 0.6 is 24.2 Å². The van der Waals surface area contributed by atoms with E-state index in [0.717, 1.165) is 0 Å². The Bertz CT molecular complexity index is 54.5. The minimum atomic E-state index is -2.28. The van der Waals surface area contributed by atoms with Crippen LogP contribution < -0.4 is 5.73 Å². The van der Waals surface area contributed by atoms with E-state index in [0.29, 0.717) is 17.5 Å². The van der Waals surface area contributed by atoms with Crippen LogP contribution in [-0.2, 0) is 0 Å². The number of nitrogens with two attached hydrogens (primary N) is 1. The Morgan fingerprint density at radius 1 is 1.56 bits per heavy atom. The molecule has 2 N–H and O–H groups in total. The Kier molecular flexibility index (Phi) is 8.89. The summed E-state index contributed by atoms with van der Waals surface area (Å²) in [6, 6.07) is -0.131. The predicted octanol–water partition coefficient (Wildman–Crippen LogP) is 1.71. The van der Waals surface area contributed by atoms with Gasteiger partial charge >= 0.3 is 0 Å². The van der Waals surface area contributed by atoms with Gasteiger partial charge in [0.15, 0.2) is 0 Å². The zero-order chi connectivity index (χ0) is 6.57. The van der Waals surface area contributed by atoms with Crippen molar-refractivity contribution in [3.8, 4) is 0 Å². The van der Waals surface area contributed by atoms with Crippen LogP contribution in [0.15, 0.2) is 0 Å². The van der Waals surface area contributed by atoms with Crippen molar-refractivity contribution in [3.63, 3.8) is 0 Å². The first-order chi connectivity index (χ1) is 3.63. The monoisotopic (exact) mass is 177 g/mol. The van der Waals surface area contributed by atoms with Crippen LogP contribution in [0.1, 0.15) is 6.92 Å². The van der Waals surface area contributed by atoms with Crippen LogP contribution in [-0.4, -0.2) is 17.6 Å². The molecular formula is C4H10ClF2NS. The largest absolute Gasteiger partial charge is 0.327 e. The van der Waals surface area contributed by atoms with Gasteiger partial charge in [0.25, 0.3) is 5.76 Å². The average Bonchev–Trinajstić information content (AvgIpc) is 1.61. The van der Waals surface area contributed by atoms with Gasteiger partial charge in [-0.25, -0.2) is 0 Å². The van der Waals surface area contributed by atoms with Gasteiger partial charge in [-0.3, -0.25) is 0 Å². The van der Waals surface area contributed by atoms with E-state index < -0.39 is 5.76 Å². The van der Waals surface area contributed by atoms with Gasteiger partial charge in [0.1, 0.15) is 0 Å². The number of halogens is 3. The summed E-state index contributed by atoms with van der Waals surface area (Å²) in [6.07, 6.45) is 0. The molecule has 0 amide bonds. The SMILES string of the molecule is C[C@@H](N)CSC(F)F.Cl. The molecule has 1 nitrogen and oxygen atoms in total. The second kappa shape index (κ2) is 6.58. The van der Waals surface area contributed by atoms with Crippen LogP contribution in [0.25, 0.3) is 0 Å². The fourth-order valence-corrected chi connectivity index (χ4v) is 0.674. The van der Waals surface area contributed by atoms with Crippen molar-refractivity contribution in [1.29, 1.82) is 0 Å². The summed E-state index contributed by atoms with van der Waals surface area (Å²) < 4.78 is 22.6. The van der Waals surface area contributed by atoms with Gasteiger partial charge in [-0.05, 0) is 6.92 Å². The zero-order valence-electron chi connectivity index (χ0n) is 5.01. The summed E-state index contributed by atoms with van der Waals surface area (Å²) in [7, 11) is 0. The molecule has 0 unspecified atom stereocenters. The minimum absolute atomic E-state index is 0. The van der Waals surface area contributed by atoms with E-state index in [-0.39, 0.29) is 18.4 Å². The molecule has 0 aliphatic rings. The van der Waals surface area contributed by atoms with E-state index in [2.05, 4.69) is 0 Å². The van der Waals surface area contributed by atoms with Gasteiger partial charge in [-0.1, -0.05) is 11.8 Å². The van der Waals surface area contributed by atoms with Crippen molar-refractivity contribution >= 4 is 24.2 Å². The zero-order valence-corrected chi connectivity index (χ0v) is 6.64. The Labute approximate surface area is 63.8 Å². The Hall–Kier alpha value is 0.460. The average molecular weight is 178 g/mol. The van der Waals surface area contributed by atoms with Gasteiger partial charge in [-0.15, -0.1) is 12.4 Å². The minimum Gasteiger partial charge on any atom is -0.327 e. The molecular weight excluding hydrogens is 168 g/mol. The van der Waals surface area contributed by atoms with Gasteiger partial charge in [0, 0.05) is 11.8 Å². The Morgan fingerprint density at radius 2 is 2.00 bits per heavy atom. The number of alkyl halides is 2. The van der Waals surface area contributed by atoms with E-state index in [1.54, 1.807) is 6.92 Å². The predicted molar refractivity (Wildman–Crippen MR) is 39.4 cm³/mol. The van der Waals surface area contributed by atoms with Crippen LogP contribution in [0.3, 0.4) is 0 Å². The molecule has 0 aromatic carbocycles. The van der Waals surface area contributed by atoms with E-state index in [1.807, 2.05) is 0 Å². The van der Waals surface area contributed by atoms with Crippen molar-refractivity contribution in [3.05, 3.63) is 0 Å². The van der Waals surface area contributed by atoms with E-state index in [9.17, 15) is 8.78 Å². The standard InChI is InChI=1S/C4H9F2NS.ClH/c1-3(7)2-8-4(5)6;/h3-4H,2,7H2,1H3;1H/t3-;/m1./s1.